The van der Waals surface area contributed by atoms with Gasteiger partial charge in [-0.1, -0.05) is 30.3 Å². The standard InChI is InChI=1S/C23H28N2O7/c1-23(2,3)32-22(30)25-19(21(28)29)12-16(20(26)27)11-17-9-10-18(13-24-17)31-14-15-7-5-4-6-8-15/h4-10,13,16,19H,11-12,14H2,1-3H3,(H,25,30)(H,26,27)(H,28,29)/t16-,19+/m0/s1. The Morgan fingerprint density at radius 1 is 1.03 bits per heavy atom. The zero-order valence-electron chi connectivity index (χ0n) is 18.3. The highest BCUT2D eigenvalue weighted by atomic mass is 16.6. The molecule has 0 unspecified atom stereocenters. The highest BCUT2D eigenvalue weighted by Crippen LogP contribution is 2.18. The van der Waals surface area contributed by atoms with Gasteiger partial charge in [0.1, 0.15) is 24.0 Å². The van der Waals surface area contributed by atoms with Crippen molar-refractivity contribution >= 4 is 18.0 Å². The van der Waals surface area contributed by atoms with Gasteiger partial charge >= 0.3 is 18.0 Å². The molecule has 9 nitrogen and oxygen atoms in total. The van der Waals surface area contributed by atoms with Crippen LogP contribution in [0, 0.1) is 5.92 Å². The lowest BCUT2D eigenvalue weighted by Gasteiger charge is -2.23. The second-order valence-electron chi connectivity index (χ2n) is 8.27. The Balaban J connectivity index is 1.98. The van der Waals surface area contributed by atoms with Gasteiger partial charge in [-0.3, -0.25) is 9.78 Å². The quantitative estimate of drug-likeness (QED) is 0.508. The molecule has 32 heavy (non-hydrogen) atoms. The summed E-state index contributed by atoms with van der Waals surface area (Å²) in [5, 5.41) is 21.2. The van der Waals surface area contributed by atoms with Crippen LogP contribution in [0.5, 0.6) is 5.75 Å². The minimum atomic E-state index is -1.42. The van der Waals surface area contributed by atoms with Crippen molar-refractivity contribution in [2.45, 2.75) is 51.9 Å². The van der Waals surface area contributed by atoms with Crippen LogP contribution in [0.25, 0.3) is 0 Å². The van der Waals surface area contributed by atoms with Crippen LogP contribution in [-0.2, 0) is 27.4 Å². The molecule has 0 aliphatic rings. The highest BCUT2D eigenvalue weighted by Gasteiger charge is 2.30. The fourth-order valence-electron chi connectivity index (χ4n) is 2.84. The van der Waals surface area contributed by atoms with E-state index in [1.807, 2.05) is 30.3 Å². The minimum Gasteiger partial charge on any atom is -0.487 e. The van der Waals surface area contributed by atoms with Gasteiger partial charge in [0, 0.05) is 12.1 Å². The van der Waals surface area contributed by atoms with E-state index in [4.69, 9.17) is 9.47 Å². The lowest BCUT2D eigenvalue weighted by molar-refractivity contribution is -0.144. The smallest absolute Gasteiger partial charge is 0.408 e. The van der Waals surface area contributed by atoms with E-state index in [1.54, 1.807) is 32.9 Å². The number of benzene rings is 1. The van der Waals surface area contributed by atoms with Crippen LogP contribution >= 0.6 is 0 Å². The second-order valence-corrected chi connectivity index (χ2v) is 8.27. The van der Waals surface area contributed by atoms with Crippen LogP contribution < -0.4 is 10.1 Å². The van der Waals surface area contributed by atoms with Crippen molar-refractivity contribution in [2.24, 2.45) is 5.92 Å². The summed E-state index contributed by atoms with van der Waals surface area (Å²) in [6.45, 7) is 5.29. The van der Waals surface area contributed by atoms with E-state index >= 15 is 0 Å². The largest absolute Gasteiger partial charge is 0.487 e. The zero-order valence-corrected chi connectivity index (χ0v) is 18.3. The number of carbonyl (C=O) groups excluding carboxylic acids is 1. The van der Waals surface area contributed by atoms with Crippen LogP contribution in [0.4, 0.5) is 4.79 Å². The molecule has 2 rings (SSSR count). The minimum absolute atomic E-state index is 0.00588. The topological polar surface area (TPSA) is 135 Å². The molecular formula is C23H28N2O7. The predicted octanol–water partition coefficient (Wildman–Crippen LogP) is 3.27. The van der Waals surface area contributed by atoms with Gasteiger partial charge in [-0.15, -0.1) is 0 Å². The molecule has 0 bridgehead atoms. The average molecular weight is 444 g/mol. The van der Waals surface area contributed by atoms with E-state index in [-0.39, 0.29) is 12.8 Å². The van der Waals surface area contributed by atoms with Crippen LogP contribution in [0.15, 0.2) is 48.7 Å². The van der Waals surface area contributed by atoms with Crippen molar-refractivity contribution in [3.8, 4) is 5.75 Å². The molecule has 0 spiro atoms. The van der Waals surface area contributed by atoms with Crippen molar-refractivity contribution in [1.29, 1.82) is 0 Å². The summed E-state index contributed by atoms with van der Waals surface area (Å²) >= 11 is 0. The van der Waals surface area contributed by atoms with Crippen LogP contribution in [0.1, 0.15) is 38.4 Å². The third-order valence-corrected chi connectivity index (χ3v) is 4.36. The Hall–Kier alpha value is -3.62. The maximum absolute atomic E-state index is 11.9. The van der Waals surface area contributed by atoms with Gasteiger partial charge in [0.25, 0.3) is 0 Å². The average Bonchev–Trinajstić information content (AvgIpc) is 2.71. The van der Waals surface area contributed by atoms with Crippen LogP contribution in [0.2, 0.25) is 0 Å². The van der Waals surface area contributed by atoms with E-state index in [9.17, 15) is 24.6 Å². The molecule has 0 saturated heterocycles. The van der Waals surface area contributed by atoms with Gasteiger partial charge in [-0.2, -0.15) is 0 Å². The molecule has 2 aromatic rings. The SMILES string of the molecule is CC(C)(C)OC(=O)N[C@H](C[C@H](Cc1ccc(OCc2ccccc2)cn1)C(=O)O)C(=O)O. The molecule has 9 heteroatoms. The molecule has 0 radical (unpaired) electrons. The van der Waals surface area contributed by atoms with E-state index in [1.165, 1.54) is 6.20 Å². The normalized spacial score (nSPS) is 13.0. The molecular weight excluding hydrogens is 416 g/mol. The van der Waals surface area contributed by atoms with Crippen molar-refractivity contribution in [2.75, 3.05) is 0 Å². The molecule has 1 aromatic carbocycles. The Morgan fingerprint density at radius 3 is 2.25 bits per heavy atom. The third kappa shape index (κ3) is 8.63. The zero-order chi connectivity index (χ0) is 23.7. The first-order valence-electron chi connectivity index (χ1n) is 10.1. The number of rotatable bonds is 10. The summed E-state index contributed by atoms with van der Waals surface area (Å²) in [5.74, 6) is -3.08. The van der Waals surface area contributed by atoms with Crippen molar-refractivity contribution in [3.63, 3.8) is 0 Å². The first kappa shape index (κ1) is 24.6. The van der Waals surface area contributed by atoms with Gasteiger partial charge < -0.3 is 25.0 Å². The first-order valence-corrected chi connectivity index (χ1v) is 10.1. The fraction of sp³-hybridized carbons (Fsp3) is 0.391. The molecule has 1 amide bonds. The van der Waals surface area contributed by atoms with Crippen LogP contribution in [-0.4, -0.2) is 44.9 Å². The molecule has 172 valence electrons. The van der Waals surface area contributed by atoms with Crippen LogP contribution in [0.3, 0.4) is 0 Å². The predicted molar refractivity (Wildman–Crippen MR) is 115 cm³/mol. The summed E-state index contributed by atoms with van der Waals surface area (Å²) in [6.07, 6.45) is 0.239. The first-order chi connectivity index (χ1) is 15.0. The summed E-state index contributed by atoms with van der Waals surface area (Å²) in [5.41, 5.74) is 0.652. The monoisotopic (exact) mass is 444 g/mol. The second kappa shape index (κ2) is 11.1. The van der Waals surface area contributed by atoms with Gasteiger partial charge in [0.2, 0.25) is 0 Å². The molecule has 2 atom stereocenters. The number of carboxylic acids is 2. The lowest BCUT2D eigenvalue weighted by Crippen LogP contribution is -2.45. The number of carboxylic acid groups (broad SMARTS) is 2. The summed E-state index contributed by atoms with van der Waals surface area (Å²) < 4.78 is 10.7. The molecule has 0 aliphatic heterocycles. The Labute approximate surface area is 186 Å². The van der Waals surface area contributed by atoms with Gasteiger partial charge in [0.05, 0.1) is 12.1 Å². The van der Waals surface area contributed by atoms with Gasteiger partial charge in [-0.05, 0) is 44.9 Å². The van der Waals surface area contributed by atoms with Crippen molar-refractivity contribution in [1.82, 2.24) is 10.3 Å². The lowest BCUT2D eigenvalue weighted by atomic mass is 9.94. The number of ether oxygens (including phenoxy) is 2. The maximum atomic E-state index is 11.9. The van der Waals surface area contributed by atoms with Crippen molar-refractivity contribution < 1.29 is 34.1 Å². The van der Waals surface area contributed by atoms with E-state index < -0.39 is 35.6 Å². The van der Waals surface area contributed by atoms with E-state index in [2.05, 4.69) is 10.3 Å². The Morgan fingerprint density at radius 2 is 1.72 bits per heavy atom. The highest BCUT2D eigenvalue weighted by molar-refractivity contribution is 5.81. The number of pyridine rings is 1. The molecule has 0 saturated carbocycles. The summed E-state index contributed by atoms with van der Waals surface area (Å²) in [7, 11) is 0. The maximum Gasteiger partial charge on any atom is 0.408 e. The number of nitrogens with zero attached hydrogens (tertiary/aromatic N) is 1. The molecule has 1 aromatic heterocycles. The van der Waals surface area contributed by atoms with Gasteiger partial charge in [-0.25, -0.2) is 9.59 Å². The number of amides is 1. The third-order valence-electron chi connectivity index (χ3n) is 4.36. The van der Waals surface area contributed by atoms with E-state index in [0.717, 1.165) is 5.56 Å². The number of aromatic nitrogens is 1. The number of nitrogens with one attached hydrogen (secondary N) is 1. The number of hydrogen-bond acceptors (Lipinski definition) is 6. The number of hydrogen-bond donors (Lipinski definition) is 3. The summed E-state index contributed by atoms with van der Waals surface area (Å²) in [4.78, 5) is 39.4. The molecule has 3 N–H and O–H groups in total. The van der Waals surface area contributed by atoms with E-state index in [0.29, 0.717) is 18.1 Å². The summed E-state index contributed by atoms with van der Waals surface area (Å²) in [6, 6.07) is 11.5. The number of alkyl carbamates (subject to hydrolysis) is 1. The molecule has 1 heterocycles. The van der Waals surface area contributed by atoms with Gasteiger partial charge in [0.15, 0.2) is 0 Å². The Bertz CT molecular complexity index is 908. The number of carbonyl (C=O) groups is 3. The molecule has 0 fully saturated rings. The fourth-order valence-corrected chi connectivity index (χ4v) is 2.84. The van der Waals surface area contributed by atoms with Crippen molar-refractivity contribution in [3.05, 3.63) is 59.9 Å². The molecule has 0 aliphatic carbocycles. The Kier molecular flexibility index (Phi) is 8.57. The number of aliphatic carboxylic acids is 2.